The molecule has 24 heavy (non-hydrogen) atoms. The monoisotopic (exact) mass is 334 g/mol. The molecule has 2 atom stereocenters. The van der Waals surface area contributed by atoms with Crippen LogP contribution in [0.15, 0.2) is 30.3 Å². The third kappa shape index (κ3) is 5.62. The fourth-order valence-corrected chi connectivity index (χ4v) is 2.78. The molecule has 1 aliphatic heterocycles. The number of aliphatic carboxylic acids is 1. The molecule has 0 spiro atoms. The van der Waals surface area contributed by atoms with E-state index in [1.807, 2.05) is 25.1 Å². The summed E-state index contributed by atoms with van der Waals surface area (Å²) < 4.78 is 5.55. The van der Waals surface area contributed by atoms with E-state index in [1.54, 1.807) is 0 Å². The second kappa shape index (κ2) is 9.39. The minimum absolute atomic E-state index is 0.337. The second-order valence-corrected chi connectivity index (χ2v) is 6.12. The summed E-state index contributed by atoms with van der Waals surface area (Å²) in [5.74, 6) is -1.33. The molecule has 1 saturated heterocycles. The van der Waals surface area contributed by atoms with Crippen molar-refractivity contribution in [3.8, 4) is 0 Å². The van der Waals surface area contributed by atoms with E-state index in [9.17, 15) is 14.7 Å². The fraction of sp³-hybridized carbons (Fsp3) is 0.556. The van der Waals surface area contributed by atoms with Gasteiger partial charge in [0.15, 0.2) is 0 Å². The number of rotatable bonds is 8. The van der Waals surface area contributed by atoms with E-state index in [1.165, 1.54) is 5.56 Å². The molecule has 1 aliphatic rings. The highest BCUT2D eigenvalue weighted by molar-refractivity contribution is 5.86. The highest BCUT2D eigenvalue weighted by Crippen LogP contribution is 2.11. The molecule has 6 nitrogen and oxygen atoms in total. The highest BCUT2D eigenvalue weighted by Gasteiger charge is 2.29. The summed E-state index contributed by atoms with van der Waals surface area (Å²) in [6, 6.07) is 9.22. The summed E-state index contributed by atoms with van der Waals surface area (Å²) in [6.45, 7) is 4.45. The molecule has 1 unspecified atom stereocenters. The lowest BCUT2D eigenvalue weighted by Crippen LogP contribution is -2.52. The van der Waals surface area contributed by atoms with Gasteiger partial charge in [-0.1, -0.05) is 50.1 Å². The van der Waals surface area contributed by atoms with Crippen LogP contribution in [0.4, 0.5) is 0 Å². The molecule has 1 aromatic rings. The first-order valence-corrected chi connectivity index (χ1v) is 8.51. The molecule has 2 N–H and O–H groups in total. The summed E-state index contributed by atoms with van der Waals surface area (Å²) in [5, 5.41) is 11.8. The Morgan fingerprint density at radius 2 is 2.12 bits per heavy atom. The number of benzene rings is 1. The lowest BCUT2D eigenvalue weighted by molar-refractivity contribution is -0.147. The van der Waals surface area contributed by atoms with Gasteiger partial charge in [-0.15, -0.1) is 0 Å². The Bertz CT molecular complexity index is 535. The van der Waals surface area contributed by atoms with Gasteiger partial charge in [-0.25, -0.2) is 4.79 Å². The molecule has 0 radical (unpaired) electrons. The van der Waals surface area contributed by atoms with Crippen molar-refractivity contribution in [1.29, 1.82) is 0 Å². The minimum atomic E-state index is -0.992. The van der Waals surface area contributed by atoms with Gasteiger partial charge in [-0.05, 0) is 12.0 Å². The number of amides is 1. The van der Waals surface area contributed by atoms with Crippen molar-refractivity contribution in [2.45, 2.75) is 44.9 Å². The topological polar surface area (TPSA) is 78.9 Å². The van der Waals surface area contributed by atoms with Gasteiger partial charge in [0.05, 0.1) is 6.61 Å². The Hall–Kier alpha value is -1.92. The van der Waals surface area contributed by atoms with Crippen LogP contribution in [0.1, 0.15) is 31.7 Å². The first kappa shape index (κ1) is 18.4. The van der Waals surface area contributed by atoms with Crippen molar-refractivity contribution in [1.82, 2.24) is 10.2 Å². The van der Waals surface area contributed by atoms with Crippen LogP contribution >= 0.6 is 0 Å². The molecule has 1 amide bonds. The number of hydrogen-bond donors (Lipinski definition) is 2. The van der Waals surface area contributed by atoms with E-state index >= 15 is 0 Å². The lowest BCUT2D eigenvalue weighted by atomic mass is 10.1. The Labute approximate surface area is 142 Å². The van der Waals surface area contributed by atoms with Gasteiger partial charge < -0.3 is 15.2 Å². The van der Waals surface area contributed by atoms with Crippen LogP contribution < -0.4 is 5.32 Å². The van der Waals surface area contributed by atoms with Gasteiger partial charge in [0.2, 0.25) is 0 Å². The zero-order valence-electron chi connectivity index (χ0n) is 14.1. The summed E-state index contributed by atoms with van der Waals surface area (Å²) in [5.41, 5.74) is 1.19. The van der Waals surface area contributed by atoms with Crippen LogP contribution in [0.5, 0.6) is 0 Å². The fourth-order valence-electron chi connectivity index (χ4n) is 2.78. The minimum Gasteiger partial charge on any atom is -0.480 e. The zero-order valence-corrected chi connectivity index (χ0v) is 14.1. The van der Waals surface area contributed by atoms with Gasteiger partial charge >= 0.3 is 5.97 Å². The van der Waals surface area contributed by atoms with Crippen LogP contribution in [-0.4, -0.2) is 53.7 Å². The number of carbonyl (C=O) groups excluding carboxylic acids is 1. The van der Waals surface area contributed by atoms with E-state index in [2.05, 4.69) is 22.3 Å². The SMILES string of the molecule is CCCC[C@H](NC(=O)C1CN(Cc2ccccc2)CCO1)C(=O)O. The second-order valence-electron chi connectivity index (χ2n) is 6.12. The summed E-state index contributed by atoms with van der Waals surface area (Å²) in [4.78, 5) is 25.8. The standard InChI is InChI=1S/C18H26N2O4/c1-2-3-9-15(18(22)23)19-17(21)16-13-20(10-11-24-16)12-14-7-5-4-6-8-14/h4-8,15-16H,2-3,9-13H2,1H3,(H,19,21)(H,22,23)/t15-,16?/m0/s1. The molecule has 1 heterocycles. The summed E-state index contributed by atoms with van der Waals surface area (Å²) in [7, 11) is 0. The van der Waals surface area contributed by atoms with Gasteiger partial charge in [0.1, 0.15) is 12.1 Å². The average molecular weight is 334 g/mol. The average Bonchev–Trinajstić information content (AvgIpc) is 2.59. The summed E-state index contributed by atoms with van der Waals surface area (Å²) in [6.07, 6.45) is 1.48. The molecule has 6 heteroatoms. The number of ether oxygens (including phenoxy) is 1. The van der Waals surface area contributed by atoms with Crippen LogP contribution in [0, 0.1) is 0 Å². The van der Waals surface area contributed by atoms with E-state index in [0.717, 1.165) is 25.9 Å². The number of carbonyl (C=O) groups is 2. The number of hydrogen-bond acceptors (Lipinski definition) is 4. The molecular formula is C18H26N2O4. The Morgan fingerprint density at radius 3 is 2.79 bits per heavy atom. The van der Waals surface area contributed by atoms with Crippen molar-refractivity contribution in [2.24, 2.45) is 0 Å². The maximum Gasteiger partial charge on any atom is 0.326 e. The van der Waals surface area contributed by atoms with Gasteiger partial charge in [-0.2, -0.15) is 0 Å². The molecule has 1 fully saturated rings. The van der Waals surface area contributed by atoms with Gasteiger partial charge in [0.25, 0.3) is 5.91 Å². The Kier molecular flexibility index (Phi) is 7.21. The van der Waals surface area contributed by atoms with Crippen LogP contribution in [0.2, 0.25) is 0 Å². The molecule has 0 aliphatic carbocycles. The van der Waals surface area contributed by atoms with Crippen LogP contribution in [0.25, 0.3) is 0 Å². The third-order valence-electron chi connectivity index (χ3n) is 4.15. The number of nitrogens with one attached hydrogen (secondary N) is 1. The largest absolute Gasteiger partial charge is 0.480 e. The first-order valence-electron chi connectivity index (χ1n) is 8.51. The number of morpholine rings is 1. The first-order chi connectivity index (χ1) is 11.6. The summed E-state index contributed by atoms with van der Waals surface area (Å²) >= 11 is 0. The van der Waals surface area contributed by atoms with Crippen molar-refractivity contribution < 1.29 is 19.4 Å². The smallest absolute Gasteiger partial charge is 0.326 e. The third-order valence-corrected chi connectivity index (χ3v) is 4.15. The number of nitrogens with zero attached hydrogens (tertiary/aromatic N) is 1. The molecule has 2 rings (SSSR count). The van der Waals surface area contributed by atoms with E-state index in [0.29, 0.717) is 19.6 Å². The van der Waals surface area contributed by atoms with Crippen molar-refractivity contribution in [3.63, 3.8) is 0 Å². The van der Waals surface area contributed by atoms with E-state index < -0.39 is 18.1 Å². The van der Waals surface area contributed by atoms with E-state index in [4.69, 9.17) is 4.74 Å². The molecule has 0 bridgehead atoms. The molecule has 1 aromatic carbocycles. The van der Waals surface area contributed by atoms with Crippen molar-refractivity contribution >= 4 is 11.9 Å². The quantitative estimate of drug-likeness (QED) is 0.756. The number of carboxylic acids is 1. The van der Waals surface area contributed by atoms with Crippen LogP contribution in [-0.2, 0) is 20.9 Å². The van der Waals surface area contributed by atoms with Gasteiger partial charge in [0, 0.05) is 19.6 Å². The highest BCUT2D eigenvalue weighted by atomic mass is 16.5. The Balaban J connectivity index is 1.88. The lowest BCUT2D eigenvalue weighted by Gasteiger charge is -2.32. The van der Waals surface area contributed by atoms with Gasteiger partial charge in [-0.3, -0.25) is 9.69 Å². The molecular weight excluding hydrogens is 308 g/mol. The Morgan fingerprint density at radius 1 is 1.38 bits per heavy atom. The maximum atomic E-state index is 12.3. The number of unbranched alkanes of at least 4 members (excludes halogenated alkanes) is 1. The maximum absolute atomic E-state index is 12.3. The zero-order chi connectivity index (χ0) is 17.4. The molecule has 0 aromatic heterocycles. The normalized spacial score (nSPS) is 19.6. The molecule has 0 saturated carbocycles. The number of carboxylic acid groups (broad SMARTS) is 1. The predicted octanol–water partition coefficient (Wildman–Crippen LogP) is 1.65. The van der Waals surface area contributed by atoms with Crippen molar-refractivity contribution in [2.75, 3.05) is 19.7 Å². The van der Waals surface area contributed by atoms with E-state index in [-0.39, 0.29) is 5.91 Å². The van der Waals surface area contributed by atoms with Crippen LogP contribution in [0.3, 0.4) is 0 Å². The van der Waals surface area contributed by atoms with Crippen molar-refractivity contribution in [3.05, 3.63) is 35.9 Å². The predicted molar refractivity (Wildman–Crippen MR) is 90.6 cm³/mol. The molecule has 132 valence electrons.